The van der Waals surface area contributed by atoms with Crippen molar-refractivity contribution in [2.24, 2.45) is 5.73 Å². The van der Waals surface area contributed by atoms with Gasteiger partial charge in [-0.05, 0) is 19.0 Å². The van der Waals surface area contributed by atoms with E-state index >= 15 is 0 Å². The molecular formula is C12H16N2O. The van der Waals surface area contributed by atoms with Crippen molar-refractivity contribution in [3.8, 4) is 0 Å². The Morgan fingerprint density at radius 1 is 1.47 bits per heavy atom. The van der Waals surface area contributed by atoms with E-state index in [1.807, 2.05) is 18.0 Å². The lowest BCUT2D eigenvalue weighted by Gasteiger charge is -2.14. The van der Waals surface area contributed by atoms with Gasteiger partial charge in [-0.2, -0.15) is 0 Å². The van der Waals surface area contributed by atoms with Crippen molar-refractivity contribution in [2.45, 2.75) is 18.4 Å². The van der Waals surface area contributed by atoms with E-state index in [0.29, 0.717) is 18.5 Å². The molecule has 1 aliphatic rings. The number of nitrogens with two attached hydrogens (primary N) is 1. The maximum absolute atomic E-state index is 10.8. The second-order valence-corrected chi connectivity index (χ2v) is 4.20. The zero-order chi connectivity index (χ0) is 10.8. The van der Waals surface area contributed by atoms with Crippen molar-refractivity contribution >= 4 is 5.91 Å². The fraction of sp³-hybridized carbons (Fsp3) is 0.417. The molecule has 1 saturated carbocycles. The Morgan fingerprint density at radius 2 is 2.13 bits per heavy atom. The largest absolute Gasteiger partial charge is 0.369 e. The lowest BCUT2D eigenvalue weighted by Crippen LogP contribution is -2.32. The van der Waals surface area contributed by atoms with Crippen LogP contribution in [0.3, 0.4) is 0 Å². The van der Waals surface area contributed by atoms with Gasteiger partial charge in [0.25, 0.3) is 0 Å². The van der Waals surface area contributed by atoms with E-state index in [0.717, 1.165) is 6.42 Å². The van der Waals surface area contributed by atoms with Crippen LogP contribution in [0.15, 0.2) is 30.3 Å². The molecule has 2 atom stereocenters. The SMILES string of the molecule is CN(CC(N)=O)[C@H]1CC1c1ccccc1. The lowest BCUT2D eigenvalue weighted by molar-refractivity contribution is -0.119. The number of hydrogen-bond acceptors (Lipinski definition) is 2. The highest BCUT2D eigenvalue weighted by molar-refractivity contribution is 5.76. The summed E-state index contributed by atoms with van der Waals surface area (Å²) < 4.78 is 0. The van der Waals surface area contributed by atoms with E-state index < -0.39 is 0 Å². The number of benzene rings is 1. The van der Waals surface area contributed by atoms with Crippen LogP contribution in [0.25, 0.3) is 0 Å². The molecule has 0 saturated heterocycles. The Hall–Kier alpha value is -1.35. The average molecular weight is 204 g/mol. The van der Waals surface area contributed by atoms with E-state index in [1.54, 1.807) is 0 Å². The summed E-state index contributed by atoms with van der Waals surface area (Å²) in [5.41, 5.74) is 6.52. The summed E-state index contributed by atoms with van der Waals surface area (Å²) >= 11 is 0. The van der Waals surface area contributed by atoms with Crippen molar-refractivity contribution in [3.63, 3.8) is 0 Å². The van der Waals surface area contributed by atoms with E-state index in [1.165, 1.54) is 5.56 Å². The van der Waals surface area contributed by atoms with Crippen LogP contribution in [-0.4, -0.2) is 30.4 Å². The van der Waals surface area contributed by atoms with E-state index in [4.69, 9.17) is 5.73 Å². The number of amides is 1. The highest BCUT2D eigenvalue weighted by Crippen LogP contribution is 2.43. The molecule has 1 unspecified atom stereocenters. The summed E-state index contributed by atoms with van der Waals surface area (Å²) in [6, 6.07) is 10.9. The second kappa shape index (κ2) is 4.03. The third kappa shape index (κ3) is 2.36. The van der Waals surface area contributed by atoms with Crippen molar-refractivity contribution in [2.75, 3.05) is 13.6 Å². The van der Waals surface area contributed by atoms with Gasteiger partial charge in [-0.25, -0.2) is 0 Å². The zero-order valence-corrected chi connectivity index (χ0v) is 8.89. The highest BCUT2D eigenvalue weighted by atomic mass is 16.1. The number of rotatable bonds is 4. The van der Waals surface area contributed by atoms with Gasteiger partial charge in [0, 0.05) is 12.0 Å². The van der Waals surface area contributed by atoms with E-state index in [-0.39, 0.29) is 5.91 Å². The maximum Gasteiger partial charge on any atom is 0.231 e. The van der Waals surface area contributed by atoms with Crippen molar-refractivity contribution in [3.05, 3.63) is 35.9 Å². The number of nitrogens with zero attached hydrogens (tertiary/aromatic N) is 1. The molecule has 0 aromatic heterocycles. The molecule has 1 aromatic carbocycles. The molecule has 0 heterocycles. The fourth-order valence-corrected chi connectivity index (χ4v) is 2.09. The van der Waals surface area contributed by atoms with Crippen LogP contribution >= 0.6 is 0 Å². The maximum atomic E-state index is 10.8. The smallest absolute Gasteiger partial charge is 0.231 e. The summed E-state index contributed by atoms with van der Waals surface area (Å²) in [4.78, 5) is 12.8. The summed E-state index contributed by atoms with van der Waals surface area (Å²) in [6.45, 7) is 0.355. The van der Waals surface area contributed by atoms with Crippen LogP contribution in [0.2, 0.25) is 0 Å². The third-order valence-electron chi connectivity index (χ3n) is 2.96. The minimum Gasteiger partial charge on any atom is -0.369 e. The van der Waals surface area contributed by atoms with Gasteiger partial charge in [0.1, 0.15) is 0 Å². The first kappa shape index (κ1) is 10.2. The molecule has 2 N–H and O–H groups in total. The fourth-order valence-electron chi connectivity index (χ4n) is 2.09. The Labute approximate surface area is 89.9 Å². The molecule has 0 spiro atoms. The molecule has 0 bridgehead atoms. The summed E-state index contributed by atoms with van der Waals surface area (Å²) in [5, 5.41) is 0. The summed E-state index contributed by atoms with van der Waals surface area (Å²) in [7, 11) is 1.96. The standard InChI is InChI=1S/C12H16N2O/c1-14(8-12(13)15)11-7-10(11)9-5-3-2-4-6-9/h2-6,10-11H,7-8H2,1H3,(H2,13,15)/t10?,11-/m0/s1. The molecule has 2 rings (SSSR count). The topological polar surface area (TPSA) is 46.3 Å². The number of likely N-dealkylation sites (N-methyl/N-ethyl adjacent to an activating group) is 1. The van der Waals surface area contributed by atoms with Crippen LogP contribution < -0.4 is 5.73 Å². The van der Waals surface area contributed by atoms with Crippen LogP contribution in [0.4, 0.5) is 0 Å². The molecule has 1 aromatic rings. The molecule has 1 aliphatic carbocycles. The van der Waals surface area contributed by atoms with Gasteiger partial charge < -0.3 is 5.73 Å². The first-order valence-electron chi connectivity index (χ1n) is 5.22. The molecule has 1 amide bonds. The summed E-state index contributed by atoms with van der Waals surface area (Å²) in [5.74, 6) is 0.326. The molecular weight excluding hydrogens is 188 g/mol. The molecule has 0 aliphatic heterocycles. The molecule has 80 valence electrons. The van der Waals surface area contributed by atoms with Crippen molar-refractivity contribution in [1.29, 1.82) is 0 Å². The quantitative estimate of drug-likeness (QED) is 0.794. The molecule has 3 heteroatoms. The Kier molecular flexibility index (Phi) is 2.73. The number of carbonyl (C=O) groups is 1. The van der Waals surface area contributed by atoms with Crippen LogP contribution in [0.5, 0.6) is 0 Å². The van der Waals surface area contributed by atoms with Gasteiger partial charge in [0.2, 0.25) is 5.91 Å². The van der Waals surface area contributed by atoms with Gasteiger partial charge in [-0.1, -0.05) is 30.3 Å². The Balaban J connectivity index is 1.93. The van der Waals surface area contributed by atoms with Crippen molar-refractivity contribution in [1.82, 2.24) is 4.90 Å². The van der Waals surface area contributed by atoms with Crippen LogP contribution in [0, 0.1) is 0 Å². The number of carbonyl (C=O) groups excluding carboxylic acids is 1. The van der Waals surface area contributed by atoms with Gasteiger partial charge in [0.05, 0.1) is 6.54 Å². The van der Waals surface area contributed by atoms with E-state index in [2.05, 4.69) is 24.3 Å². The normalized spacial score (nSPS) is 24.1. The van der Waals surface area contributed by atoms with Gasteiger partial charge in [-0.15, -0.1) is 0 Å². The third-order valence-corrected chi connectivity index (χ3v) is 2.96. The predicted molar refractivity (Wildman–Crippen MR) is 59.4 cm³/mol. The zero-order valence-electron chi connectivity index (χ0n) is 8.89. The Bertz CT molecular complexity index is 350. The predicted octanol–water partition coefficient (Wildman–Crippen LogP) is 0.960. The van der Waals surface area contributed by atoms with Crippen LogP contribution in [-0.2, 0) is 4.79 Å². The molecule has 1 fully saturated rings. The first-order valence-corrected chi connectivity index (χ1v) is 5.22. The number of primary amides is 1. The second-order valence-electron chi connectivity index (χ2n) is 4.20. The van der Waals surface area contributed by atoms with Crippen LogP contribution in [0.1, 0.15) is 17.9 Å². The molecule has 15 heavy (non-hydrogen) atoms. The summed E-state index contributed by atoms with van der Waals surface area (Å²) in [6.07, 6.45) is 1.13. The Morgan fingerprint density at radius 3 is 2.73 bits per heavy atom. The lowest BCUT2D eigenvalue weighted by atomic mass is 10.1. The minimum atomic E-state index is -0.254. The van der Waals surface area contributed by atoms with Gasteiger partial charge >= 0.3 is 0 Å². The van der Waals surface area contributed by atoms with Gasteiger partial charge in [0.15, 0.2) is 0 Å². The monoisotopic (exact) mass is 204 g/mol. The minimum absolute atomic E-state index is 0.254. The van der Waals surface area contributed by atoms with Crippen molar-refractivity contribution < 1.29 is 4.79 Å². The average Bonchev–Trinajstić information content (AvgIpc) is 2.97. The molecule has 0 radical (unpaired) electrons. The molecule has 3 nitrogen and oxygen atoms in total. The highest BCUT2D eigenvalue weighted by Gasteiger charge is 2.41. The first-order chi connectivity index (χ1) is 7.18. The van der Waals surface area contributed by atoms with Gasteiger partial charge in [-0.3, -0.25) is 9.69 Å². The number of hydrogen-bond donors (Lipinski definition) is 1. The van der Waals surface area contributed by atoms with E-state index in [9.17, 15) is 4.79 Å².